The van der Waals surface area contributed by atoms with Crippen molar-refractivity contribution in [3.8, 4) is 0 Å². The molecule has 0 aromatic carbocycles. The van der Waals surface area contributed by atoms with Gasteiger partial charge in [0.25, 0.3) is 0 Å². The molecule has 0 rings (SSSR count). The van der Waals surface area contributed by atoms with E-state index < -0.39 is 6.10 Å². The Labute approximate surface area is 426 Å². The van der Waals surface area contributed by atoms with Crippen LogP contribution in [0.25, 0.3) is 0 Å². The van der Waals surface area contributed by atoms with Crippen LogP contribution in [0.2, 0.25) is 0 Å². The van der Waals surface area contributed by atoms with E-state index in [9.17, 15) is 14.4 Å². The molecule has 6 heteroatoms. The van der Waals surface area contributed by atoms with Crippen LogP contribution in [0.4, 0.5) is 0 Å². The van der Waals surface area contributed by atoms with Gasteiger partial charge in [-0.1, -0.05) is 273 Å². The number of allylic oxidation sites excluding steroid dienone is 14. The molecular weight excluding hydrogens is 853 g/mol. The van der Waals surface area contributed by atoms with Crippen LogP contribution in [0.15, 0.2) is 85.1 Å². The number of rotatable bonds is 52. The fourth-order valence-corrected chi connectivity index (χ4v) is 8.08. The summed E-state index contributed by atoms with van der Waals surface area (Å²) in [5.74, 6) is -0.945. The standard InChI is InChI=1S/C63H108O6/c1-4-7-10-13-16-19-22-24-26-28-29-30-31-32-33-35-36-38-41-44-47-50-53-56-62(65)68-59-60(58-67-61(64)55-52-49-46-43-40-21-18-15-12-9-6-3)69-63(66)57-54-51-48-45-42-39-37-34-27-25-23-20-17-14-11-8-5-2/h7,10,16,19,24,26,29-30,32-33,36,38,44,47,60H,4-6,8-9,11-15,17-18,20-23,25,27-28,31,34-35,37,39-43,45-46,48-59H2,1-3H3/b10-7-,19-16-,26-24-,30-29-,33-32-,38-36-,47-44-. The first kappa shape index (κ1) is 65.6. The fourth-order valence-electron chi connectivity index (χ4n) is 8.08. The summed E-state index contributed by atoms with van der Waals surface area (Å²) >= 11 is 0. The highest BCUT2D eigenvalue weighted by Gasteiger charge is 2.19. The number of hydrogen-bond donors (Lipinski definition) is 0. The number of hydrogen-bond acceptors (Lipinski definition) is 6. The van der Waals surface area contributed by atoms with Crippen LogP contribution in [0.3, 0.4) is 0 Å². The second-order valence-electron chi connectivity index (χ2n) is 19.2. The lowest BCUT2D eigenvalue weighted by Crippen LogP contribution is -2.30. The molecule has 1 atom stereocenters. The van der Waals surface area contributed by atoms with Crippen LogP contribution >= 0.6 is 0 Å². The van der Waals surface area contributed by atoms with Crippen molar-refractivity contribution < 1.29 is 28.6 Å². The number of carbonyl (C=O) groups is 3. The molecule has 0 saturated carbocycles. The van der Waals surface area contributed by atoms with Gasteiger partial charge in [-0.15, -0.1) is 0 Å². The van der Waals surface area contributed by atoms with Crippen molar-refractivity contribution in [1.29, 1.82) is 0 Å². The average molecular weight is 962 g/mol. The summed E-state index contributed by atoms with van der Waals surface area (Å²) in [4.78, 5) is 38.1. The van der Waals surface area contributed by atoms with Gasteiger partial charge in [-0.3, -0.25) is 14.4 Å². The molecule has 0 bridgehead atoms. The Morgan fingerprint density at radius 2 is 0.565 bits per heavy atom. The Balaban J connectivity index is 4.41. The number of unbranched alkanes of at least 4 members (excludes halogenated alkanes) is 27. The minimum atomic E-state index is -0.796. The van der Waals surface area contributed by atoms with Crippen LogP contribution in [-0.4, -0.2) is 37.2 Å². The molecule has 0 amide bonds. The molecule has 0 spiro atoms. The SMILES string of the molecule is CC/C=C\C/C=C\C/C=C\C/C=C\C/C=C\C/C=C\C/C=C\CCCC(=O)OCC(COC(=O)CCCCCCCCCCCCC)OC(=O)CCCCCCCCCCCCCCCCCCC. The summed E-state index contributed by atoms with van der Waals surface area (Å²) in [5, 5.41) is 0. The van der Waals surface area contributed by atoms with Crippen molar-refractivity contribution in [2.45, 2.75) is 284 Å². The zero-order valence-electron chi connectivity index (χ0n) is 45.3. The largest absolute Gasteiger partial charge is 0.462 e. The van der Waals surface area contributed by atoms with E-state index in [0.717, 1.165) is 89.9 Å². The Kier molecular flexibility index (Phi) is 54.3. The van der Waals surface area contributed by atoms with Crippen molar-refractivity contribution in [1.82, 2.24) is 0 Å². The molecule has 0 aliphatic rings. The third kappa shape index (κ3) is 55.4. The first-order chi connectivity index (χ1) is 34.0. The van der Waals surface area contributed by atoms with E-state index in [1.807, 2.05) is 0 Å². The molecule has 6 nitrogen and oxygen atoms in total. The minimum Gasteiger partial charge on any atom is -0.462 e. The van der Waals surface area contributed by atoms with Crippen molar-refractivity contribution in [2.24, 2.45) is 0 Å². The fraction of sp³-hybridized carbons (Fsp3) is 0.730. The maximum atomic E-state index is 12.8. The lowest BCUT2D eigenvalue weighted by Gasteiger charge is -2.18. The van der Waals surface area contributed by atoms with Crippen LogP contribution in [0, 0.1) is 0 Å². The molecule has 0 heterocycles. The van der Waals surface area contributed by atoms with Crippen molar-refractivity contribution in [3.05, 3.63) is 85.1 Å². The highest BCUT2D eigenvalue weighted by Crippen LogP contribution is 2.16. The summed E-state index contributed by atoms with van der Waals surface area (Å²) in [7, 11) is 0. The third-order valence-corrected chi connectivity index (χ3v) is 12.4. The molecular formula is C63H108O6. The quantitative estimate of drug-likeness (QED) is 0.0262. The molecule has 1 unspecified atom stereocenters. The molecule has 0 aromatic heterocycles. The van der Waals surface area contributed by atoms with E-state index in [4.69, 9.17) is 14.2 Å². The van der Waals surface area contributed by atoms with Crippen molar-refractivity contribution >= 4 is 17.9 Å². The van der Waals surface area contributed by atoms with Crippen molar-refractivity contribution in [3.63, 3.8) is 0 Å². The first-order valence-corrected chi connectivity index (χ1v) is 29.1. The lowest BCUT2D eigenvalue weighted by molar-refractivity contribution is -0.167. The molecule has 0 fully saturated rings. The highest BCUT2D eigenvalue weighted by atomic mass is 16.6. The zero-order valence-corrected chi connectivity index (χ0v) is 45.3. The summed E-state index contributed by atoms with van der Waals surface area (Å²) in [5.41, 5.74) is 0. The molecule has 396 valence electrons. The molecule has 0 saturated heterocycles. The highest BCUT2D eigenvalue weighted by molar-refractivity contribution is 5.71. The van der Waals surface area contributed by atoms with Gasteiger partial charge in [-0.05, 0) is 70.6 Å². The summed E-state index contributed by atoms with van der Waals surface area (Å²) < 4.78 is 16.8. The monoisotopic (exact) mass is 961 g/mol. The van der Waals surface area contributed by atoms with Gasteiger partial charge in [-0.2, -0.15) is 0 Å². The van der Waals surface area contributed by atoms with Gasteiger partial charge in [-0.25, -0.2) is 0 Å². The Hall–Kier alpha value is -3.41. The second-order valence-corrected chi connectivity index (χ2v) is 19.2. The van der Waals surface area contributed by atoms with E-state index in [0.29, 0.717) is 19.3 Å². The van der Waals surface area contributed by atoms with Gasteiger partial charge in [0.05, 0.1) is 0 Å². The smallest absolute Gasteiger partial charge is 0.306 e. The topological polar surface area (TPSA) is 78.9 Å². The van der Waals surface area contributed by atoms with Crippen LogP contribution in [0.5, 0.6) is 0 Å². The normalized spacial score (nSPS) is 12.7. The molecule has 0 aliphatic carbocycles. The molecule has 0 aliphatic heterocycles. The zero-order chi connectivity index (χ0) is 50.0. The van der Waals surface area contributed by atoms with Gasteiger partial charge in [0.2, 0.25) is 0 Å². The van der Waals surface area contributed by atoms with E-state index in [1.165, 1.54) is 141 Å². The maximum Gasteiger partial charge on any atom is 0.306 e. The predicted octanol–water partition coefficient (Wildman–Crippen LogP) is 19.5. The van der Waals surface area contributed by atoms with Gasteiger partial charge in [0, 0.05) is 19.3 Å². The van der Waals surface area contributed by atoms with E-state index in [2.05, 4.69) is 106 Å². The van der Waals surface area contributed by atoms with Crippen LogP contribution in [-0.2, 0) is 28.6 Å². The van der Waals surface area contributed by atoms with E-state index in [-0.39, 0.29) is 37.5 Å². The second kappa shape index (κ2) is 57.2. The van der Waals surface area contributed by atoms with Crippen LogP contribution < -0.4 is 0 Å². The minimum absolute atomic E-state index is 0.0910. The molecule has 0 aromatic rings. The summed E-state index contributed by atoms with van der Waals surface area (Å²) in [6, 6.07) is 0. The lowest BCUT2D eigenvalue weighted by atomic mass is 10.0. The summed E-state index contributed by atoms with van der Waals surface area (Å²) in [6.45, 7) is 6.49. The molecule has 0 N–H and O–H groups in total. The Bertz CT molecular complexity index is 1330. The number of carbonyl (C=O) groups excluding carboxylic acids is 3. The molecule has 69 heavy (non-hydrogen) atoms. The van der Waals surface area contributed by atoms with Gasteiger partial charge in [0.1, 0.15) is 13.2 Å². The first-order valence-electron chi connectivity index (χ1n) is 29.1. The third-order valence-electron chi connectivity index (χ3n) is 12.4. The average Bonchev–Trinajstić information content (AvgIpc) is 3.35. The Morgan fingerprint density at radius 3 is 0.884 bits per heavy atom. The maximum absolute atomic E-state index is 12.8. The molecule has 0 radical (unpaired) electrons. The van der Waals surface area contributed by atoms with Crippen LogP contribution in [0.1, 0.15) is 278 Å². The van der Waals surface area contributed by atoms with Gasteiger partial charge >= 0.3 is 17.9 Å². The van der Waals surface area contributed by atoms with Gasteiger partial charge in [0.15, 0.2) is 6.10 Å². The van der Waals surface area contributed by atoms with E-state index in [1.54, 1.807) is 0 Å². The Morgan fingerprint density at radius 1 is 0.304 bits per heavy atom. The number of ether oxygens (including phenoxy) is 3. The van der Waals surface area contributed by atoms with E-state index >= 15 is 0 Å². The van der Waals surface area contributed by atoms with Crippen molar-refractivity contribution in [2.75, 3.05) is 13.2 Å². The van der Waals surface area contributed by atoms with Gasteiger partial charge < -0.3 is 14.2 Å². The summed E-state index contributed by atoms with van der Waals surface area (Å²) in [6.07, 6.45) is 74.4. The number of esters is 3. The predicted molar refractivity (Wildman–Crippen MR) is 297 cm³/mol.